The molecule has 0 amide bonds. The maximum Gasteiger partial charge on any atom is 0.146 e. The molecule has 1 unspecified atom stereocenters. The molecule has 2 aliphatic rings. The number of nitrogens with zero attached hydrogens (tertiary/aromatic N) is 1. The van der Waals surface area contributed by atoms with Crippen molar-refractivity contribution in [3.05, 3.63) is 29.6 Å². The molecule has 116 valence electrons. The van der Waals surface area contributed by atoms with E-state index in [4.69, 9.17) is 5.73 Å². The Balaban J connectivity index is 1.78. The van der Waals surface area contributed by atoms with Gasteiger partial charge in [-0.1, -0.05) is 31.4 Å². The van der Waals surface area contributed by atoms with E-state index >= 15 is 0 Å². The summed E-state index contributed by atoms with van der Waals surface area (Å²) in [6.45, 7) is 3.88. The largest absolute Gasteiger partial charge is 0.369 e. The van der Waals surface area contributed by atoms with Crippen LogP contribution in [0.3, 0.4) is 0 Å². The molecule has 0 bridgehead atoms. The fourth-order valence-electron chi connectivity index (χ4n) is 4.24. The van der Waals surface area contributed by atoms with Gasteiger partial charge in [-0.25, -0.2) is 4.39 Å². The number of anilines is 1. The molecule has 2 N–H and O–H groups in total. The van der Waals surface area contributed by atoms with Gasteiger partial charge < -0.3 is 10.6 Å². The Labute approximate surface area is 127 Å². The molecule has 2 nitrogen and oxygen atoms in total. The third-order valence-corrected chi connectivity index (χ3v) is 5.56. The normalized spacial score (nSPS) is 23.3. The lowest BCUT2D eigenvalue weighted by molar-refractivity contribution is 0.144. The van der Waals surface area contributed by atoms with E-state index in [2.05, 4.69) is 4.90 Å². The Bertz CT molecular complexity index is 482. The second kappa shape index (κ2) is 5.96. The van der Waals surface area contributed by atoms with Crippen LogP contribution >= 0.6 is 0 Å². The zero-order valence-electron chi connectivity index (χ0n) is 13.1. The summed E-state index contributed by atoms with van der Waals surface area (Å²) >= 11 is 0. The van der Waals surface area contributed by atoms with Crippen LogP contribution in [-0.4, -0.2) is 13.1 Å². The molecule has 1 aromatic carbocycles. The van der Waals surface area contributed by atoms with Crippen molar-refractivity contribution in [2.45, 2.75) is 57.9 Å². The number of piperidine rings is 1. The van der Waals surface area contributed by atoms with E-state index < -0.39 is 0 Å². The number of hydrogen-bond acceptors (Lipinski definition) is 2. The van der Waals surface area contributed by atoms with Crippen LogP contribution in [0.2, 0.25) is 0 Å². The van der Waals surface area contributed by atoms with Gasteiger partial charge in [-0.3, -0.25) is 0 Å². The predicted octanol–water partition coefficient (Wildman–Crippen LogP) is 4.40. The standard InChI is InChI=1S/C18H27FN2/c1-14(20)15-6-5-7-16(19)17(15)21-12-10-18(11-13-21)8-3-2-4-9-18/h5-7,14H,2-4,8-13,20H2,1H3. The molecule has 1 aromatic rings. The quantitative estimate of drug-likeness (QED) is 0.875. The lowest BCUT2D eigenvalue weighted by Gasteiger charge is -2.45. The highest BCUT2D eigenvalue weighted by Gasteiger charge is 2.36. The molecule has 1 aliphatic heterocycles. The molecule has 0 aromatic heterocycles. The minimum absolute atomic E-state index is 0.121. The van der Waals surface area contributed by atoms with Crippen molar-refractivity contribution in [2.75, 3.05) is 18.0 Å². The van der Waals surface area contributed by atoms with E-state index in [1.807, 2.05) is 13.0 Å². The monoisotopic (exact) mass is 290 g/mol. The van der Waals surface area contributed by atoms with Gasteiger partial charge in [0.2, 0.25) is 0 Å². The van der Waals surface area contributed by atoms with Crippen molar-refractivity contribution >= 4 is 5.69 Å². The van der Waals surface area contributed by atoms with E-state index in [0.29, 0.717) is 5.41 Å². The number of hydrogen-bond donors (Lipinski definition) is 1. The van der Waals surface area contributed by atoms with E-state index in [9.17, 15) is 4.39 Å². The van der Waals surface area contributed by atoms with Crippen molar-refractivity contribution in [3.8, 4) is 0 Å². The lowest BCUT2D eigenvalue weighted by Crippen LogP contribution is -2.42. The second-order valence-electron chi connectivity index (χ2n) is 7.01. The first-order valence-corrected chi connectivity index (χ1v) is 8.40. The molecule has 0 radical (unpaired) electrons. The Kier molecular flexibility index (Phi) is 4.21. The van der Waals surface area contributed by atoms with Gasteiger partial charge in [-0.2, -0.15) is 0 Å². The van der Waals surface area contributed by atoms with Crippen LogP contribution in [0.25, 0.3) is 0 Å². The van der Waals surface area contributed by atoms with Gasteiger partial charge >= 0.3 is 0 Å². The summed E-state index contributed by atoms with van der Waals surface area (Å²) in [6, 6.07) is 5.17. The van der Waals surface area contributed by atoms with Crippen LogP contribution in [0.4, 0.5) is 10.1 Å². The van der Waals surface area contributed by atoms with Crippen LogP contribution in [0, 0.1) is 11.2 Å². The zero-order valence-corrected chi connectivity index (χ0v) is 13.1. The molecule has 1 spiro atoms. The van der Waals surface area contributed by atoms with Crippen molar-refractivity contribution in [2.24, 2.45) is 11.1 Å². The number of benzene rings is 1. The lowest BCUT2D eigenvalue weighted by atomic mass is 9.68. The van der Waals surface area contributed by atoms with Gasteiger partial charge in [0.05, 0.1) is 5.69 Å². The number of rotatable bonds is 2. The first-order chi connectivity index (χ1) is 10.1. The highest BCUT2D eigenvalue weighted by Crippen LogP contribution is 2.45. The summed E-state index contributed by atoms with van der Waals surface area (Å²) in [5.74, 6) is -0.121. The molecule has 3 heteroatoms. The van der Waals surface area contributed by atoms with Crippen molar-refractivity contribution in [1.82, 2.24) is 0 Å². The van der Waals surface area contributed by atoms with Gasteiger partial charge in [0, 0.05) is 19.1 Å². The molecular formula is C18H27FN2. The molecule has 1 heterocycles. The van der Waals surface area contributed by atoms with Gasteiger partial charge in [-0.05, 0) is 49.7 Å². The first kappa shape index (κ1) is 14.8. The highest BCUT2D eigenvalue weighted by molar-refractivity contribution is 5.56. The molecule has 3 rings (SSSR count). The maximum absolute atomic E-state index is 14.3. The van der Waals surface area contributed by atoms with Gasteiger partial charge in [0.1, 0.15) is 5.82 Å². The van der Waals surface area contributed by atoms with Crippen molar-refractivity contribution < 1.29 is 4.39 Å². The van der Waals surface area contributed by atoms with Crippen LogP contribution in [0.1, 0.15) is 63.5 Å². The molecule has 1 saturated carbocycles. The topological polar surface area (TPSA) is 29.3 Å². The minimum Gasteiger partial charge on any atom is -0.369 e. The smallest absolute Gasteiger partial charge is 0.146 e. The maximum atomic E-state index is 14.3. The van der Waals surface area contributed by atoms with Gasteiger partial charge in [0.25, 0.3) is 0 Å². The minimum atomic E-state index is -0.124. The average molecular weight is 290 g/mol. The zero-order chi connectivity index (χ0) is 14.9. The number of nitrogens with two attached hydrogens (primary N) is 1. The van der Waals surface area contributed by atoms with Gasteiger partial charge in [0.15, 0.2) is 0 Å². The molecule has 2 fully saturated rings. The molecule has 21 heavy (non-hydrogen) atoms. The third-order valence-electron chi connectivity index (χ3n) is 5.56. The van der Waals surface area contributed by atoms with E-state index in [0.717, 1.165) is 24.3 Å². The second-order valence-corrected chi connectivity index (χ2v) is 7.01. The van der Waals surface area contributed by atoms with E-state index in [1.54, 1.807) is 12.1 Å². The first-order valence-electron chi connectivity index (χ1n) is 8.40. The van der Waals surface area contributed by atoms with Crippen LogP contribution in [-0.2, 0) is 0 Å². The summed E-state index contributed by atoms with van der Waals surface area (Å²) in [4.78, 5) is 2.23. The average Bonchev–Trinajstić information content (AvgIpc) is 2.49. The number of para-hydroxylation sites is 1. The Morgan fingerprint density at radius 3 is 2.38 bits per heavy atom. The molecular weight excluding hydrogens is 263 g/mol. The van der Waals surface area contributed by atoms with Gasteiger partial charge in [-0.15, -0.1) is 0 Å². The highest BCUT2D eigenvalue weighted by atomic mass is 19.1. The van der Waals surface area contributed by atoms with Crippen LogP contribution in [0.5, 0.6) is 0 Å². The SMILES string of the molecule is CC(N)c1cccc(F)c1N1CCC2(CCCCC2)CC1. The number of halogens is 1. The van der Waals surface area contributed by atoms with Crippen LogP contribution < -0.4 is 10.6 Å². The Morgan fingerprint density at radius 1 is 1.10 bits per heavy atom. The fraction of sp³-hybridized carbons (Fsp3) is 0.667. The Morgan fingerprint density at radius 2 is 1.76 bits per heavy atom. The summed E-state index contributed by atoms with van der Waals surface area (Å²) in [5.41, 5.74) is 8.27. The molecule has 1 atom stereocenters. The van der Waals surface area contributed by atoms with E-state index in [-0.39, 0.29) is 11.9 Å². The summed E-state index contributed by atoms with van der Waals surface area (Å²) in [5, 5.41) is 0. The predicted molar refractivity (Wildman–Crippen MR) is 86.0 cm³/mol. The van der Waals surface area contributed by atoms with E-state index in [1.165, 1.54) is 44.9 Å². The molecule has 1 aliphatic carbocycles. The Hall–Kier alpha value is -1.09. The summed E-state index contributed by atoms with van der Waals surface area (Å²) < 4.78 is 14.3. The third kappa shape index (κ3) is 2.94. The molecule has 1 saturated heterocycles. The summed E-state index contributed by atoms with van der Waals surface area (Å²) in [6.07, 6.45) is 9.32. The summed E-state index contributed by atoms with van der Waals surface area (Å²) in [7, 11) is 0. The van der Waals surface area contributed by atoms with Crippen molar-refractivity contribution in [1.29, 1.82) is 0 Å². The fourth-order valence-corrected chi connectivity index (χ4v) is 4.24. The van der Waals surface area contributed by atoms with Crippen LogP contribution in [0.15, 0.2) is 18.2 Å². The van der Waals surface area contributed by atoms with Crippen molar-refractivity contribution in [3.63, 3.8) is 0 Å².